The van der Waals surface area contributed by atoms with Crippen molar-refractivity contribution in [3.8, 4) is 0 Å². The van der Waals surface area contributed by atoms with Crippen LogP contribution in [0.4, 0.5) is 15.8 Å². The van der Waals surface area contributed by atoms with Gasteiger partial charge in [0.1, 0.15) is 11.0 Å². The van der Waals surface area contributed by atoms with E-state index in [4.69, 9.17) is 11.6 Å². The van der Waals surface area contributed by atoms with Crippen LogP contribution >= 0.6 is 11.6 Å². The number of aromatic nitrogens is 1. The van der Waals surface area contributed by atoms with Gasteiger partial charge in [0.05, 0.1) is 0 Å². The summed E-state index contributed by atoms with van der Waals surface area (Å²) >= 11 is 5.75. The fourth-order valence-electron chi connectivity index (χ4n) is 1.46. The molecule has 0 aliphatic rings. The Balaban J connectivity index is 2.27. The van der Waals surface area contributed by atoms with E-state index in [0.29, 0.717) is 10.8 Å². The number of pyridine rings is 1. The van der Waals surface area contributed by atoms with Gasteiger partial charge in [0, 0.05) is 17.6 Å². The molecule has 0 amide bonds. The van der Waals surface area contributed by atoms with Gasteiger partial charge in [-0.15, -0.1) is 0 Å². The van der Waals surface area contributed by atoms with Crippen LogP contribution in [-0.4, -0.2) is 4.98 Å². The van der Waals surface area contributed by atoms with Crippen LogP contribution in [0, 0.1) is 12.7 Å². The molecule has 0 saturated carbocycles. The maximum absolute atomic E-state index is 13.1. The van der Waals surface area contributed by atoms with Crippen molar-refractivity contribution < 1.29 is 4.39 Å². The lowest BCUT2D eigenvalue weighted by Gasteiger charge is -2.07. The van der Waals surface area contributed by atoms with Crippen LogP contribution < -0.4 is 5.32 Å². The third-order valence-corrected chi connectivity index (χ3v) is 2.26. The minimum atomic E-state index is -0.261. The number of hydrogen-bond donors (Lipinski definition) is 1. The van der Waals surface area contributed by atoms with Crippen molar-refractivity contribution >= 4 is 23.0 Å². The lowest BCUT2D eigenvalue weighted by molar-refractivity contribution is 0.627. The summed E-state index contributed by atoms with van der Waals surface area (Å²) in [6, 6.07) is 8.22. The fraction of sp³-hybridized carbons (Fsp3) is 0.0833. The highest BCUT2D eigenvalue weighted by molar-refractivity contribution is 6.29. The summed E-state index contributed by atoms with van der Waals surface area (Å²) in [5, 5.41) is 3.46. The smallest absolute Gasteiger partial charge is 0.131 e. The van der Waals surface area contributed by atoms with Crippen LogP contribution in [0.1, 0.15) is 5.56 Å². The number of benzene rings is 1. The molecule has 1 N–H and O–H groups in total. The second-order valence-electron chi connectivity index (χ2n) is 3.51. The number of halogens is 2. The van der Waals surface area contributed by atoms with Gasteiger partial charge in [0.15, 0.2) is 0 Å². The second kappa shape index (κ2) is 4.49. The Morgan fingerprint density at radius 2 is 2.00 bits per heavy atom. The Morgan fingerprint density at radius 3 is 2.69 bits per heavy atom. The predicted molar refractivity (Wildman–Crippen MR) is 63.7 cm³/mol. The molecule has 4 heteroatoms. The summed E-state index contributed by atoms with van der Waals surface area (Å²) in [5.41, 5.74) is 2.34. The molecule has 1 aromatic heterocycles. The second-order valence-corrected chi connectivity index (χ2v) is 3.90. The fourth-order valence-corrected chi connectivity index (χ4v) is 1.63. The molecular weight excluding hydrogens is 227 g/mol. The Kier molecular flexibility index (Phi) is 3.06. The molecule has 0 atom stereocenters. The summed E-state index contributed by atoms with van der Waals surface area (Å²) in [7, 11) is 0. The van der Waals surface area contributed by atoms with Crippen molar-refractivity contribution in [1.82, 2.24) is 4.98 Å². The molecule has 2 aromatic rings. The van der Waals surface area contributed by atoms with Gasteiger partial charge in [0.2, 0.25) is 0 Å². The topological polar surface area (TPSA) is 24.9 Å². The van der Waals surface area contributed by atoms with E-state index in [1.165, 1.54) is 12.1 Å². The number of rotatable bonds is 2. The molecule has 2 nitrogen and oxygen atoms in total. The molecule has 0 unspecified atom stereocenters. The SMILES string of the molecule is Cc1cc(F)cc(Nc2ccnc(Cl)c2)c1. The summed E-state index contributed by atoms with van der Waals surface area (Å²) < 4.78 is 13.1. The van der Waals surface area contributed by atoms with Crippen LogP contribution in [-0.2, 0) is 0 Å². The lowest BCUT2D eigenvalue weighted by atomic mass is 10.2. The molecule has 0 spiro atoms. The van der Waals surface area contributed by atoms with Crippen LogP contribution in [0.2, 0.25) is 5.15 Å². The van der Waals surface area contributed by atoms with Gasteiger partial charge in [-0.05, 0) is 42.8 Å². The molecule has 0 fully saturated rings. The molecule has 1 aromatic carbocycles. The molecule has 82 valence electrons. The van der Waals surface area contributed by atoms with E-state index in [2.05, 4.69) is 10.3 Å². The van der Waals surface area contributed by atoms with Crippen molar-refractivity contribution in [3.63, 3.8) is 0 Å². The van der Waals surface area contributed by atoms with Gasteiger partial charge >= 0.3 is 0 Å². The highest BCUT2D eigenvalue weighted by Crippen LogP contribution is 2.20. The van der Waals surface area contributed by atoms with Crippen molar-refractivity contribution in [3.05, 3.63) is 53.1 Å². The molecule has 0 radical (unpaired) electrons. The number of nitrogens with one attached hydrogen (secondary N) is 1. The highest BCUT2D eigenvalue weighted by atomic mass is 35.5. The van der Waals surface area contributed by atoms with Crippen LogP contribution in [0.3, 0.4) is 0 Å². The number of anilines is 2. The average molecular weight is 237 g/mol. The first-order chi connectivity index (χ1) is 7.63. The largest absolute Gasteiger partial charge is 0.355 e. The molecule has 0 aliphatic heterocycles. The molecule has 2 rings (SSSR count). The van der Waals surface area contributed by atoms with Crippen molar-refractivity contribution in [2.75, 3.05) is 5.32 Å². The first-order valence-electron chi connectivity index (χ1n) is 4.79. The summed E-state index contributed by atoms with van der Waals surface area (Å²) in [4.78, 5) is 3.87. The standard InChI is InChI=1S/C12H10ClFN2/c1-8-4-9(14)6-11(5-8)16-10-2-3-15-12(13)7-10/h2-7H,1H3,(H,15,16). The zero-order valence-corrected chi connectivity index (χ0v) is 9.42. The summed E-state index contributed by atoms with van der Waals surface area (Å²) in [6.45, 7) is 1.84. The van der Waals surface area contributed by atoms with Crippen LogP contribution in [0.15, 0.2) is 36.5 Å². The van der Waals surface area contributed by atoms with E-state index in [0.717, 1.165) is 11.3 Å². The minimum absolute atomic E-state index is 0.261. The summed E-state index contributed by atoms with van der Waals surface area (Å²) in [6.07, 6.45) is 1.59. The molecule has 1 heterocycles. The van der Waals surface area contributed by atoms with E-state index in [1.54, 1.807) is 18.3 Å². The molecule has 0 bridgehead atoms. The minimum Gasteiger partial charge on any atom is -0.355 e. The first kappa shape index (κ1) is 10.9. The third kappa shape index (κ3) is 2.70. The quantitative estimate of drug-likeness (QED) is 0.800. The highest BCUT2D eigenvalue weighted by Gasteiger charge is 1.99. The van der Waals surface area contributed by atoms with Gasteiger partial charge in [-0.2, -0.15) is 0 Å². The number of nitrogens with zero attached hydrogens (tertiary/aromatic N) is 1. The van der Waals surface area contributed by atoms with E-state index >= 15 is 0 Å². The maximum atomic E-state index is 13.1. The van der Waals surface area contributed by atoms with Gasteiger partial charge in [-0.25, -0.2) is 9.37 Å². The van der Waals surface area contributed by atoms with Crippen molar-refractivity contribution in [1.29, 1.82) is 0 Å². The van der Waals surface area contributed by atoms with Crippen LogP contribution in [0.5, 0.6) is 0 Å². The van der Waals surface area contributed by atoms with Gasteiger partial charge < -0.3 is 5.32 Å². The monoisotopic (exact) mass is 236 g/mol. The van der Waals surface area contributed by atoms with E-state index in [9.17, 15) is 4.39 Å². The lowest BCUT2D eigenvalue weighted by Crippen LogP contribution is -1.92. The predicted octanol–water partition coefficient (Wildman–Crippen LogP) is 3.93. The van der Waals surface area contributed by atoms with E-state index in [1.807, 2.05) is 13.0 Å². The summed E-state index contributed by atoms with van der Waals surface area (Å²) in [5.74, 6) is -0.261. The van der Waals surface area contributed by atoms with Gasteiger partial charge in [-0.3, -0.25) is 0 Å². The van der Waals surface area contributed by atoms with Crippen LogP contribution in [0.25, 0.3) is 0 Å². The zero-order valence-electron chi connectivity index (χ0n) is 8.67. The molecule has 16 heavy (non-hydrogen) atoms. The Bertz CT molecular complexity index is 494. The molecular formula is C12H10ClFN2. The maximum Gasteiger partial charge on any atom is 0.131 e. The normalized spacial score (nSPS) is 10.2. The van der Waals surface area contributed by atoms with Crippen molar-refractivity contribution in [2.24, 2.45) is 0 Å². The average Bonchev–Trinajstić information content (AvgIpc) is 2.15. The molecule has 0 saturated heterocycles. The number of hydrogen-bond acceptors (Lipinski definition) is 2. The number of aryl methyl sites for hydroxylation is 1. The van der Waals surface area contributed by atoms with E-state index in [-0.39, 0.29) is 5.82 Å². The third-order valence-electron chi connectivity index (χ3n) is 2.06. The van der Waals surface area contributed by atoms with Gasteiger partial charge in [-0.1, -0.05) is 11.6 Å². The molecule has 0 aliphatic carbocycles. The first-order valence-corrected chi connectivity index (χ1v) is 5.17. The van der Waals surface area contributed by atoms with Gasteiger partial charge in [0.25, 0.3) is 0 Å². The zero-order chi connectivity index (χ0) is 11.5. The Morgan fingerprint density at radius 1 is 1.19 bits per heavy atom. The Labute approximate surface area is 98.1 Å². The van der Waals surface area contributed by atoms with E-state index < -0.39 is 0 Å². The van der Waals surface area contributed by atoms with Crippen molar-refractivity contribution in [2.45, 2.75) is 6.92 Å². The Hall–Kier alpha value is -1.61.